The van der Waals surface area contributed by atoms with Crippen molar-refractivity contribution in [2.45, 2.75) is 32.8 Å². The number of nitro benzene ring substituents is 1. The van der Waals surface area contributed by atoms with Crippen LogP contribution in [0.1, 0.15) is 32.3 Å². The maximum atomic E-state index is 12.3. The lowest BCUT2D eigenvalue weighted by Crippen LogP contribution is -2.32. The fourth-order valence-electron chi connectivity index (χ4n) is 3.36. The van der Waals surface area contributed by atoms with Gasteiger partial charge in [0.2, 0.25) is 0 Å². The van der Waals surface area contributed by atoms with E-state index >= 15 is 0 Å². The second kappa shape index (κ2) is 13.3. The van der Waals surface area contributed by atoms with Gasteiger partial charge in [0.15, 0.2) is 0 Å². The molecule has 1 heterocycles. The highest BCUT2D eigenvalue weighted by Crippen LogP contribution is 2.42. The maximum Gasteiger partial charge on any atom is 0.506 e. The molecule has 14 heteroatoms. The molecule has 1 aromatic rings. The predicted octanol–water partition coefficient (Wildman–Crippen LogP) is 2.94. The molecule has 0 amide bonds. The van der Waals surface area contributed by atoms with E-state index in [2.05, 4.69) is 14.8 Å². The van der Waals surface area contributed by atoms with E-state index in [1.165, 1.54) is 39.3 Å². The molecule has 2 rings (SSSR count). The van der Waals surface area contributed by atoms with Crippen LogP contribution in [0.2, 0.25) is 0 Å². The van der Waals surface area contributed by atoms with Crippen LogP contribution in [0.5, 0.6) is 0 Å². The summed E-state index contributed by atoms with van der Waals surface area (Å²) in [5, 5.41) is 30.4. The molecule has 0 saturated carbocycles. The fraction of sp³-hybridized carbons (Fsp3) is 0.364. The molecule has 3 N–H and O–H groups in total. The van der Waals surface area contributed by atoms with Gasteiger partial charge in [0, 0.05) is 23.0 Å². The first-order valence-corrected chi connectivity index (χ1v) is 10.2. The molecule has 0 bridgehead atoms. The Morgan fingerprint density at radius 3 is 1.92 bits per heavy atom. The zero-order chi connectivity index (χ0) is 27.6. The molecule has 196 valence electrons. The van der Waals surface area contributed by atoms with Crippen LogP contribution in [0.4, 0.5) is 15.3 Å². The molecule has 0 radical (unpaired) electrons. The molecular weight excluding hydrogens is 484 g/mol. The van der Waals surface area contributed by atoms with Crippen molar-refractivity contribution in [1.82, 2.24) is 5.32 Å². The van der Waals surface area contributed by atoms with Gasteiger partial charge < -0.3 is 34.5 Å². The molecule has 0 fully saturated rings. The number of nitrogens with one attached hydrogen (secondary N) is 1. The minimum Gasteiger partial charge on any atom is -0.466 e. The highest BCUT2D eigenvalue weighted by atomic mass is 16.7. The van der Waals surface area contributed by atoms with Gasteiger partial charge in [0.1, 0.15) is 12.7 Å². The van der Waals surface area contributed by atoms with Crippen molar-refractivity contribution in [3.8, 4) is 0 Å². The zero-order valence-electron chi connectivity index (χ0n) is 20.1. The van der Waals surface area contributed by atoms with Crippen LogP contribution in [0.15, 0.2) is 46.8 Å². The van der Waals surface area contributed by atoms with Gasteiger partial charge in [-0.2, -0.15) is 0 Å². The average Bonchev–Trinajstić information content (AvgIpc) is 2.81. The molecule has 14 nitrogen and oxygen atoms in total. The number of nitrogens with zero attached hydrogens (tertiary/aromatic N) is 1. The molecule has 1 aliphatic rings. The quantitative estimate of drug-likeness (QED) is 0.209. The third kappa shape index (κ3) is 7.72. The van der Waals surface area contributed by atoms with Crippen molar-refractivity contribution >= 4 is 29.9 Å². The van der Waals surface area contributed by atoms with Crippen molar-refractivity contribution in [1.29, 1.82) is 0 Å². The summed E-state index contributed by atoms with van der Waals surface area (Å²) in [5.74, 6) is -2.33. The Balaban J connectivity index is 0.000000497. The Morgan fingerprint density at radius 2 is 1.50 bits per heavy atom. The number of nitro groups is 1. The molecule has 1 aliphatic heterocycles. The van der Waals surface area contributed by atoms with Gasteiger partial charge in [-0.1, -0.05) is 18.2 Å². The number of benzene rings is 1. The number of esters is 2. The first-order valence-electron chi connectivity index (χ1n) is 10.2. The third-order valence-electron chi connectivity index (χ3n) is 4.76. The van der Waals surface area contributed by atoms with E-state index in [0.717, 1.165) is 0 Å². The van der Waals surface area contributed by atoms with Gasteiger partial charge in [0.05, 0.1) is 36.2 Å². The molecule has 0 aromatic heterocycles. The molecule has 36 heavy (non-hydrogen) atoms. The van der Waals surface area contributed by atoms with Crippen LogP contribution in [0.25, 0.3) is 0 Å². The molecule has 1 atom stereocenters. The van der Waals surface area contributed by atoms with Crippen molar-refractivity contribution < 1.29 is 53.3 Å². The second-order valence-corrected chi connectivity index (χ2v) is 7.21. The Labute approximate surface area is 205 Å². The number of carboxylic acid groups (broad SMARTS) is 2. The number of dihydropyridines is 1. The van der Waals surface area contributed by atoms with Crippen LogP contribution in [0.3, 0.4) is 0 Å². The topological polar surface area (TPSA) is 201 Å². The summed E-state index contributed by atoms with van der Waals surface area (Å²) in [7, 11) is 2.42. The van der Waals surface area contributed by atoms with Crippen LogP contribution >= 0.6 is 0 Å². The number of ether oxygens (including phenoxy) is 4. The van der Waals surface area contributed by atoms with E-state index in [0.29, 0.717) is 11.4 Å². The first kappa shape index (κ1) is 29.4. The van der Waals surface area contributed by atoms with Gasteiger partial charge >= 0.3 is 24.2 Å². The Hall–Kier alpha value is -4.62. The van der Waals surface area contributed by atoms with Gasteiger partial charge in [-0.05, 0) is 20.8 Å². The first-order chi connectivity index (χ1) is 16.8. The Bertz CT molecular complexity index is 1050. The standard InChI is InChI=1S/C17H18N2O6.C5H8O6/c1-9-13(16(20)24-3)15(14(10(2)18-9)17(21)25-4)11-7-5-6-8-12(11)19(22)23;1-3(11-5(8)9)2-10-4(6)7/h5-8,15,18H,1-4H3;3H,2H2,1H3,(H,6,7)(H,8,9). The van der Waals surface area contributed by atoms with Crippen LogP contribution in [-0.2, 0) is 28.5 Å². The number of allylic oxidation sites excluding steroid dienone is 2. The van der Waals surface area contributed by atoms with Crippen LogP contribution < -0.4 is 5.32 Å². The highest BCUT2D eigenvalue weighted by Gasteiger charge is 2.40. The summed E-state index contributed by atoms with van der Waals surface area (Å²) in [6.45, 7) is 4.38. The summed E-state index contributed by atoms with van der Waals surface area (Å²) in [5.41, 5.74) is 1.19. The van der Waals surface area contributed by atoms with E-state index in [4.69, 9.17) is 19.7 Å². The normalized spacial score (nSPS) is 13.9. The zero-order valence-corrected chi connectivity index (χ0v) is 20.1. The molecule has 0 spiro atoms. The van der Waals surface area contributed by atoms with Crippen LogP contribution in [-0.4, -0.2) is 66.3 Å². The van der Waals surface area contributed by atoms with Gasteiger partial charge in [0.25, 0.3) is 5.69 Å². The molecule has 0 aliphatic carbocycles. The maximum absolute atomic E-state index is 12.3. The van der Waals surface area contributed by atoms with Crippen molar-refractivity contribution in [3.63, 3.8) is 0 Å². The lowest BCUT2D eigenvalue weighted by Gasteiger charge is -2.29. The van der Waals surface area contributed by atoms with E-state index in [1.54, 1.807) is 19.9 Å². The molecule has 1 unspecified atom stereocenters. The molecule has 1 aromatic carbocycles. The van der Waals surface area contributed by atoms with Crippen molar-refractivity contribution in [3.05, 3.63) is 62.5 Å². The van der Waals surface area contributed by atoms with Gasteiger partial charge in [-0.3, -0.25) is 10.1 Å². The summed E-state index contributed by atoms with van der Waals surface area (Å²) in [6.07, 6.45) is -3.68. The van der Waals surface area contributed by atoms with Crippen LogP contribution in [0, 0.1) is 10.1 Å². The SMILES string of the molecule is CC(COC(=O)O)OC(=O)O.COC(=O)C1=C(C)NC(C)=C(C(=O)OC)C1c1ccccc1[N+](=O)[O-]. The monoisotopic (exact) mass is 510 g/mol. The van der Waals surface area contributed by atoms with E-state index in [1.807, 2.05) is 0 Å². The van der Waals surface area contributed by atoms with Crippen molar-refractivity contribution in [2.75, 3.05) is 20.8 Å². The number of para-hydroxylation sites is 1. The lowest BCUT2D eigenvalue weighted by molar-refractivity contribution is -0.385. The van der Waals surface area contributed by atoms with E-state index in [-0.39, 0.29) is 29.0 Å². The number of hydrogen-bond acceptors (Lipinski definition) is 11. The summed E-state index contributed by atoms with van der Waals surface area (Å²) >= 11 is 0. The summed E-state index contributed by atoms with van der Waals surface area (Å²) < 4.78 is 17.8. The highest BCUT2D eigenvalue weighted by molar-refractivity contribution is 6.00. The number of hydrogen-bond donors (Lipinski definition) is 3. The van der Waals surface area contributed by atoms with Gasteiger partial charge in [-0.25, -0.2) is 19.2 Å². The third-order valence-corrected chi connectivity index (χ3v) is 4.76. The van der Waals surface area contributed by atoms with Crippen molar-refractivity contribution in [2.24, 2.45) is 0 Å². The molecule has 0 saturated heterocycles. The minimum atomic E-state index is -1.45. The van der Waals surface area contributed by atoms with E-state index < -0.39 is 41.2 Å². The number of rotatable bonds is 7. The predicted molar refractivity (Wildman–Crippen MR) is 121 cm³/mol. The molecular formula is C22H26N2O12. The average molecular weight is 510 g/mol. The minimum absolute atomic E-state index is 0.128. The largest absolute Gasteiger partial charge is 0.506 e. The van der Waals surface area contributed by atoms with Gasteiger partial charge in [-0.15, -0.1) is 0 Å². The Kier molecular flexibility index (Phi) is 10.9. The lowest BCUT2D eigenvalue weighted by atomic mass is 9.79. The number of carbonyl (C=O) groups excluding carboxylic acids is 2. The number of carbonyl (C=O) groups is 4. The fourth-order valence-corrected chi connectivity index (χ4v) is 3.36. The second-order valence-electron chi connectivity index (χ2n) is 7.21. The van der Waals surface area contributed by atoms with E-state index in [9.17, 15) is 29.3 Å². The summed E-state index contributed by atoms with van der Waals surface area (Å²) in [6, 6.07) is 5.97. The summed E-state index contributed by atoms with van der Waals surface area (Å²) in [4.78, 5) is 55.2. The number of methoxy groups -OCH3 is 2. The Morgan fingerprint density at radius 1 is 1.00 bits per heavy atom. The smallest absolute Gasteiger partial charge is 0.466 e.